The molecule has 0 aliphatic heterocycles. The summed E-state index contributed by atoms with van der Waals surface area (Å²) < 4.78 is 16.9. The number of hydrogen-bond donors (Lipinski definition) is 0. The predicted octanol–water partition coefficient (Wildman–Crippen LogP) is 20.3. The number of hydrogen-bond acceptors (Lipinski definition) is 6. The fourth-order valence-electron chi connectivity index (χ4n) is 9.50. The fraction of sp³-hybridized carbons (Fsp3) is 0.952. The first-order valence-corrected chi connectivity index (χ1v) is 30.6. The monoisotopic (exact) mass is 961 g/mol. The van der Waals surface area contributed by atoms with Gasteiger partial charge in [-0.05, 0) is 37.0 Å². The van der Waals surface area contributed by atoms with Crippen molar-refractivity contribution in [3.63, 3.8) is 0 Å². The van der Waals surface area contributed by atoms with E-state index < -0.39 is 6.10 Å². The molecule has 0 radical (unpaired) electrons. The van der Waals surface area contributed by atoms with Crippen LogP contribution in [0.25, 0.3) is 0 Å². The highest BCUT2D eigenvalue weighted by Gasteiger charge is 2.19. The summed E-state index contributed by atoms with van der Waals surface area (Å²) in [5.74, 6) is 1.73. The van der Waals surface area contributed by atoms with Crippen LogP contribution >= 0.6 is 0 Å². The van der Waals surface area contributed by atoms with Crippen LogP contribution in [0, 0.1) is 17.8 Å². The zero-order chi connectivity index (χ0) is 49.8. The number of rotatable bonds is 55. The molecule has 0 amide bonds. The topological polar surface area (TPSA) is 78.9 Å². The fourth-order valence-corrected chi connectivity index (χ4v) is 9.50. The smallest absolute Gasteiger partial charge is 0.306 e. The Kier molecular flexibility index (Phi) is 52.0. The molecule has 68 heavy (non-hydrogen) atoms. The normalized spacial score (nSPS) is 12.5. The average molecular weight is 962 g/mol. The molecule has 0 fully saturated rings. The minimum atomic E-state index is -0.764. The first-order chi connectivity index (χ1) is 33.1. The molecule has 0 aromatic rings. The Morgan fingerprint density at radius 2 is 0.515 bits per heavy atom. The van der Waals surface area contributed by atoms with Gasteiger partial charge in [-0.3, -0.25) is 14.4 Å². The third kappa shape index (κ3) is 53.8. The zero-order valence-corrected chi connectivity index (χ0v) is 46.9. The van der Waals surface area contributed by atoms with Gasteiger partial charge in [0.2, 0.25) is 0 Å². The average Bonchev–Trinajstić information content (AvgIpc) is 3.31. The van der Waals surface area contributed by atoms with Gasteiger partial charge < -0.3 is 14.2 Å². The molecule has 0 saturated carbocycles. The lowest BCUT2D eigenvalue weighted by atomic mass is 9.99. The van der Waals surface area contributed by atoms with Gasteiger partial charge in [0.15, 0.2) is 6.10 Å². The van der Waals surface area contributed by atoms with Crippen molar-refractivity contribution >= 4 is 17.9 Å². The molecule has 0 aromatic carbocycles. The van der Waals surface area contributed by atoms with Gasteiger partial charge in [-0.15, -0.1) is 0 Å². The number of ether oxygens (including phenoxy) is 3. The SMILES string of the molecule is CCC(C)CCCCCCCCCCCCCCCCC(=O)OC[C@H](COC(=O)CCCCCCCCCCCCCCCCCC(C)C)OC(=O)CCCCCCCCCCCCCC(C)C. The number of carbonyl (C=O) groups is 3. The molecule has 6 nitrogen and oxygen atoms in total. The lowest BCUT2D eigenvalue weighted by molar-refractivity contribution is -0.167. The number of esters is 3. The molecule has 0 aliphatic carbocycles. The molecule has 0 saturated heterocycles. The van der Waals surface area contributed by atoms with Crippen LogP contribution in [0.15, 0.2) is 0 Å². The summed E-state index contributed by atoms with van der Waals surface area (Å²) in [6.07, 6.45) is 56.6. The zero-order valence-electron chi connectivity index (χ0n) is 46.9. The van der Waals surface area contributed by atoms with Crippen molar-refractivity contribution in [2.45, 2.75) is 349 Å². The first kappa shape index (κ1) is 66.4. The van der Waals surface area contributed by atoms with E-state index in [1.54, 1.807) is 0 Å². The Labute approximate surface area is 425 Å². The second-order valence-corrected chi connectivity index (χ2v) is 22.5. The molecular formula is C62H120O6. The highest BCUT2D eigenvalue weighted by atomic mass is 16.6. The van der Waals surface area contributed by atoms with E-state index in [1.807, 2.05) is 0 Å². The van der Waals surface area contributed by atoms with Gasteiger partial charge in [0, 0.05) is 19.3 Å². The van der Waals surface area contributed by atoms with Crippen LogP contribution in [0.4, 0.5) is 0 Å². The van der Waals surface area contributed by atoms with E-state index in [4.69, 9.17) is 14.2 Å². The van der Waals surface area contributed by atoms with E-state index in [1.165, 1.54) is 225 Å². The van der Waals surface area contributed by atoms with Crippen LogP contribution in [-0.2, 0) is 28.6 Å². The van der Waals surface area contributed by atoms with Crippen LogP contribution < -0.4 is 0 Å². The van der Waals surface area contributed by atoms with E-state index in [2.05, 4.69) is 41.5 Å². The van der Waals surface area contributed by atoms with E-state index in [-0.39, 0.29) is 31.1 Å². The van der Waals surface area contributed by atoms with Crippen molar-refractivity contribution in [3.8, 4) is 0 Å². The summed E-state index contributed by atoms with van der Waals surface area (Å²) in [4.78, 5) is 38.2. The van der Waals surface area contributed by atoms with Crippen LogP contribution in [0.5, 0.6) is 0 Å². The lowest BCUT2D eigenvalue weighted by Crippen LogP contribution is -2.30. The van der Waals surface area contributed by atoms with Gasteiger partial charge in [-0.25, -0.2) is 0 Å². The van der Waals surface area contributed by atoms with Gasteiger partial charge in [-0.1, -0.05) is 305 Å². The third-order valence-corrected chi connectivity index (χ3v) is 14.5. The molecule has 2 atom stereocenters. The number of carbonyl (C=O) groups excluding carboxylic acids is 3. The molecule has 6 heteroatoms. The lowest BCUT2D eigenvalue weighted by Gasteiger charge is -2.18. The van der Waals surface area contributed by atoms with Gasteiger partial charge in [-0.2, -0.15) is 0 Å². The summed E-state index contributed by atoms with van der Waals surface area (Å²) in [7, 11) is 0. The van der Waals surface area contributed by atoms with Crippen LogP contribution in [0.3, 0.4) is 0 Å². The molecule has 0 bridgehead atoms. The van der Waals surface area contributed by atoms with Gasteiger partial charge in [0.1, 0.15) is 13.2 Å². The first-order valence-electron chi connectivity index (χ1n) is 30.6. The number of unbranched alkanes of at least 4 members (excludes halogenated alkanes) is 37. The minimum absolute atomic E-state index is 0.0631. The van der Waals surface area contributed by atoms with Crippen LogP contribution in [0.2, 0.25) is 0 Å². The maximum absolute atomic E-state index is 12.9. The molecule has 404 valence electrons. The summed E-state index contributed by atoms with van der Waals surface area (Å²) in [5, 5.41) is 0. The molecule has 0 spiro atoms. The van der Waals surface area contributed by atoms with Crippen molar-refractivity contribution in [1.82, 2.24) is 0 Å². The van der Waals surface area contributed by atoms with Crippen molar-refractivity contribution in [1.29, 1.82) is 0 Å². The highest BCUT2D eigenvalue weighted by Crippen LogP contribution is 2.19. The Balaban J connectivity index is 4.28. The van der Waals surface area contributed by atoms with Crippen LogP contribution in [0.1, 0.15) is 343 Å². The molecule has 0 N–H and O–H groups in total. The third-order valence-electron chi connectivity index (χ3n) is 14.5. The minimum Gasteiger partial charge on any atom is -0.462 e. The van der Waals surface area contributed by atoms with Crippen molar-refractivity contribution in [3.05, 3.63) is 0 Å². The van der Waals surface area contributed by atoms with Crippen molar-refractivity contribution in [2.75, 3.05) is 13.2 Å². The molecule has 0 heterocycles. The maximum Gasteiger partial charge on any atom is 0.306 e. The van der Waals surface area contributed by atoms with Crippen LogP contribution in [-0.4, -0.2) is 37.2 Å². The Bertz CT molecular complexity index is 1060. The molecule has 0 aliphatic rings. The van der Waals surface area contributed by atoms with E-state index in [0.29, 0.717) is 19.3 Å². The van der Waals surface area contributed by atoms with Gasteiger partial charge in [0.25, 0.3) is 0 Å². The molecular weight excluding hydrogens is 841 g/mol. The molecule has 0 rings (SSSR count). The standard InChI is InChI=1S/C62H120O6/c1-7-58(6)50-44-38-32-26-20-14-11-12-16-22-28-34-40-46-52-61(64)67-55-59(68-62(65)53-47-41-35-29-23-17-19-25-31-37-43-49-57(4)5)54-66-60(63)51-45-39-33-27-21-15-10-8-9-13-18-24-30-36-42-48-56(2)3/h56-59H,7-55H2,1-6H3/t58?,59-/m0/s1. The second-order valence-electron chi connectivity index (χ2n) is 22.5. The highest BCUT2D eigenvalue weighted by molar-refractivity contribution is 5.71. The Morgan fingerprint density at radius 3 is 0.765 bits per heavy atom. The predicted molar refractivity (Wildman–Crippen MR) is 293 cm³/mol. The van der Waals surface area contributed by atoms with Crippen molar-refractivity contribution < 1.29 is 28.6 Å². The molecule has 1 unspecified atom stereocenters. The summed E-state index contributed by atoms with van der Waals surface area (Å²) in [5.41, 5.74) is 0. The largest absolute Gasteiger partial charge is 0.462 e. The summed E-state index contributed by atoms with van der Waals surface area (Å²) in [6, 6.07) is 0. The van der Waals surface area contributed by atoms with Crippen molar-refractivity contribution in [2.24, 2.45) is 17.8 Å². The molecule has 0 aromatic heterocycles. The summed E-state index contributed by atoms with van der Waals surface area (Å²) >= 11 is 0. The summed E-state index contributed by atoms with van der Waals surface area (Å²) in [6.45, 7) is 13.8. The van der Waals surface area contributed by atoms with E-state index >= 15 is 0 Å². The second kappa shape index (κ2) is 53.2. The van der Waals surface area contributed by atoms with Gasteiger partial charge in [0.05, 0.1) is 0 Å². The Hall–Kier alpha value is -1.59. The maximum atomic E-state index is 12.9. The van der Waals surface area contributed by atoms with Gasteiger partial charge >= 0.3 is 17.9 Å². The van der Waals surface area contributed by atoms with E-state index in [9.17, 15) is 14.4 Å². The Morgan fingerprint density at radius 1 is 0.294 bits per heavy atom. The quantitative estimate of drug-likeness (QED) is 0.0343. The van der Waals surface area contributed by atoms with E-state index in [0.717, 1.165) is 75.5 Å².